The molecule has 1 unspecified atom stereocenters. The number of amides is 1. The topological polar surface area (TPSA) is 38.8 Å². The molecule has 0 saturated carbocycles. The fourth-order valence-electron chi connectivity index (χ4n) is 2.06. The van der Waals surface area contributed by atoms with Gasteiger partial charge < -0.3 is 4.74 Å². The van der Waals surface area contributed by atoms with E-state index < -0.39 is 6.10 Å². The highest BCUT2D eigenvalue weighted by molar-refractivity contribution is 5.82. The van der Waals surface area contributed by atoms with Crippen molar-refractivity contribution in [2.24, 2.45) is 0 Å². The molecular formula is C11H11NO3. The fourth-order valence-corrected chi connectivity index (χ4v) is 2.06. The zero-order valence-electron chi connectivity index (χ0n) is 8.18. The maximum Gasteiger partial charge on any atom is 0.280 e. The minimum atomic E-state index is -0.475. The summed E-state index contributed by atoms with van der Waals surface area (Å²) in [6.45, 7) is 0.764. The number of fused-ring (bicyclic) bond motifs is 4. The summed E-state index contributed by atoms with van der Waals surface area (Å²) in [7, 11) is 0. The molecule has 2 heterocycles. The van der Waals surface area contributed by atoms with Crippen LogP contribution in [0, 0.1) is 0 Å². The normalized spacial score (nSPS) is 24.7. The van der Waals surface area contributed by atoms with Crippen LogP contribution >= 0.6 is 0 Å². The summed E-state index contributed by atoms with van der Waals surface area (Å²) in [5, 5.41) is 1.41. The molecule has 2 aliphatic rings. The second-order valence-corrected chi connectivity index (χ2v) is 3.68. The molecule has 2 aliphatic heterocycles. The number of ether oxygens (including phenoxy) is 1. The largest absolute Gasteiger partial charge is 0.335 e. The molecule has 0 radical (unpaired) electrons. The minimum absolute atomic E-state index is 0.0915. The summed E-state index contributed by atoms with van der Waals surface area (Å²) in [4.78, 5) is 17.0. The van der Waals surface area contributed by atoms with Crippen molar-refractivity contribution in [1.82, 2.24) is 5.06 Å². The van der Waals surface area contributed by atoms with Gasteiger partial charge in [-0.05, 0) is 17.5 Å². The Labute approximate surface area is 87.3 Å². The van der Waals surface area contributed by atoms with Crippen molar-refractivity contribution in [1.29, 1.82) is 0 Å². The van der Waals surface area contributed by atoms with Crippen LogP contribution in [0.15, 0.2) is 24.3 Å². The lowest BCUT2D eigenvalue weighted by molar-refractivity contribution is -0.269. The number of nitrogens with zero attached hydrogens (tertiary/aromatic N) is 1. The Hall–Kier alpha value is -1.39. The number of hydrogen-bond acceptors (Lipinski definition) is 3. The van der Waals surface area contributed by atoms with E-state index >= 15 is 0 Å². The van der Waals surface area contributed by atoms with Crippen LogP contribution in [0.4, 0.5) is 0 Å². The number of hydroxylamine groups is 2. The molecule has 2 bridgehead atoms. The van der Waals surface area contributed by atoms with E-state index in [0.717, 1.165) is 12.0 Å². The second kappa shape index (κ2) is 3.32. The zero-order chi connectivity index (χ0) is 10.3. The van der Waals surface area contributed by atoms with Gasteiger partial charge in [-0.25, -0.2) is 9.90 Å². The first-order chi connectivity index (χ1) is 7.36. The van der Waals surface area contributed by atoms with Gasteiger partial charge in [0.05, 0.1) is 6.54 Å². The molecule has 0 N–H and O–H groups in total. The Bertz CT molecular complexity index is 405. The summed E-state index contributed by atoms with van der Waals surface area (Å²) >= 11 is 0. The van der Waals surface area contributed by atoms with E-state index in [9.17, 15) is 4.79 Å². The molecule has 0 aliphatic carbocycles. The molecule has 4 nitrogen and oxygen atoms in total. The number of benzene rings is 1. The monoisotopic (exact) mass is 205 g/mol. The first kappa shape index (κ1) is 8.88. The summed E-state index contributed by atoms with van der Waals surface area (Å²) in [6.07, 6.45) is 0.347. The van der Waals surface area contributed by atoms with Crippen molar-refractivity contribution < 1.29 is 14.4 Å². The highest BCUT2D eigenvalue weighted by atomic mass is 16.8. The lowest BCUT2D eigenvalue weighted by Gasteiger charge is -2.29. The lowest BCUT2D eigenvalue weighted by atomic mass is 10.0. The van der Waals surface area contributed by atoms with E-state index in [2.05, 4.69) is 0 Å². The summed E-state index contributed by atoms with van der Waals surface area (Å²) in [5.41, 5.74) is 2.15. The molecule has 15 heavy (non-hydrogen) atoms. The van der Waals surface area contributed by atoms with Crippen LogP contribution in [0.25, 0.3) is 0 Å². The average Bonchev–Trinajstić information content (AvgIpc) is 2.36. The quantitative estimate of drug-likeness (QED) is 0.635. The van der Waals surface area contributed by atoms with Crippen molar-refractivity contribution in [2.45, 2.75) is 12.5 Å². The van der Waals surface area contributed by atoms with Crippen LogP contribution in [0.3, 0.4) is 0 Å². The molecule has 3 rings (SSSR count). The lowest BCUT2D eigenvalue weighted by Crippen LogP contribution is -2.41. The smallest absolute Gasteiger partial charge is 0.280 e. The van der Waals surface area contributed by atoms with Gasteiger partial charge >= 0.3 is 0 Å². The Balaban J connectivity index is 2.09. The third-order valence-electron chi connectivity index (χ3n) is 2.84. The molecule has 78 valence electrons. The predicted molar refractivity (Wildman–Crippen MR) is 51.6 cm³/mol. The SMILES string of the molecule is O=C1C2OCON1CCc1ccccc12. The van der Waals surface area contributed by atoms with Crippen molar-refractivity contribution in [2.75, 3.05) is 13.3 Å². The van der Waals surface area contributed by atoms with Crippen LogP contribution in [-0.4, -0.2) is 24.3 Å². The molecule has 0 spiro atoms. The van der Waals surface area contributed by atoms with Crippen molar-refractivity contribution in [3.05, 3.63) is 35.4 Å². The van der Waals surface area contributed by atoms with Crippen LogP contribution in [-0.2, 0) is 20.8 Å². The molecule has 1 aromatic rings. The van der Waals surface area contributed by atoms with Crippen LogP contribution in [0.1, 0.15) is 17.2 Å². The van der Waals surface area contributed by atoms with E-state index in [0.29, 0.717) is 6.54 Å². The van der Waals surface area contributed by atoms with Gasteiger partial charge in [-0.3, -0.25) is 4.79 Å². The number of carbonyl (C=O) groups is 1. The van der Waals surface area contributed by atoms with E-state index in [1.165, 1.54) is 10.6 Å². The van der Waals surface area contributed by atoms with Crippen LogP contribution in [0.2, 0.25) is 0 Å². The Morgan fingerprint density at radius 1 is 1.33 bits per heavy atom. The van der Waals surface area contributed by atoms with Gasteiger partial charge in [0, 0.05) is 0 Å². The maximum absolute atomic E-state index is 11.9. The van der Waals surface area contributed by atoms with Gasteiger partial charge in [-0.15, -0.1) is 0 Å². The first-order valence-electron chi connectivity index (χ1n) is 5.00. The number of rotatable bonds is 0. The molecular weight excluding hydrogens is 194 g/mol. The van der Waals surface area contributed by atoms with Crippen molar-refractivity contribution in [3.8, 4) is 0 Å². The molecule has 4 heteroatoms. The highest BCUT2D eigenvalue weighted by Crippen LogP contribution is 2.30. The van der Waals surface area contributed by atoms with E-state index in [4.69, 9.17) is 9.57 Å². The van der Waals surface area contributed by atoms with Gasteiger partial charge in [0.25, 0.3) is 5.91 Å². The maximum atomic E-state index is 11.9. The molecule has 1 amide bonds. The van der Waals surface area contributed by atoms with E-state index in [1.54, 1.807) is 0 Å². The summed E-state index contributed by atoms with van der Waals surface area (Å²) in [5.74, 6) is -0.0915. The molecule has 1 fully saturated rings. The second-order valence-electron chi connectivity index (χ2n) is 3.68. The van der Waals surface area contributed by atoms with Gasteiger partial charge in [-0.2, -0.15) is 0 Å². The fraction of sp³-hybridized carbons (Fsp3) is 0.364. The van der Waals surface area contributed by atoms with E-state index in [-0.39, 0.29) is 12.7 Å². The van der Waals surface area contributed by atoms with Gasteiger partial charge in [0.2, 0.25) is 0 Å². The molecule has 0 aromatic heterocycles. The summed E-state index contributed by atoms with van der Waals surface area (Å²) < 4.78 is 5.35. The first-order valence-corrected chi connectivity index (χ1v) is 5.00. The minimum Gasteiger partial charge on any atom is -0.335 e. The van der Waals surface area contributed by atoms with Crippen LogP contribution < -0.4 is 0 Å². The zero-order valence-corrected chi connectivity index (χ0v) is 8.18. The number of carbonyl (C=O) groups excluding carboxylic acids is 1. The third kappa shape index (κ3) is 1.33. The van der Waals surface area contributed by atoms with Gasteiger partial charge in [0.15, 0.2) is 12.9 Å². The van der Waals surface area contributed by atoms with Crippen LogP contribution in [0.5, 0.6) is 0 Å². The Morgan fingerprint density at radius 2 is 2.20 bits per heavy atom. The number of hydrogen-bond donors (Lipinski definition) is 0. The molecule has 1 aromatic carbocycles. The third-order valence-corrected chi connectivity index (χ3v) is 2.84. The average molecular weight is 205 g/mol. The Kier molecular flexibility index (Phi) is 1.97. The van der Waals surface area contributed by atoms with Crippen molar-refractivity contribution in [3.63, 3.8) is 0 Å². The standard InChI is InChI=1S/C11H11NO3/c13-11-10-9-4-2-1-3-8(9)5-6-12(11)15-7-14-10/h1-4,10H,5-7H2. The van der Waals surface area contributed by atoms with Gasteiger partial charge in [0.1, 0.15) is 0 Å². The van der Waals surface area contributed by atoms with Gasteiger partial charge in [-0.1, -0.05) is 24.3 Å². The Morgan fingerprint density at radius 3 is 3.13 bits per heavy atom. The molecule has 1 saturated heterocycles. The van der Waals surface area contributed by atoms with Crippen molar-refractivity contribution >= 4 is 5.91 Å². The summed E-state index contributed by atoms with van der Waals surface area (Å²) in [6, 6.07) is 7.90. The highest BCUT2D eigenvalue weighted by Gasteiger charge is 2.35. The molecule has 1 atom stereocenters. The van der Waals surface area contributed by atoms with E-state index in [1.807, 2.05) is 24.3 Å². The predicted octanol–water partition coefficient (Wildman–Crippen LogP) is 1.03.